The summed E-state index contributed by atoms with van der Waals surface area (Å²) in [6.45, 7) is 1.69. The minimum atomic E-state index is -0.360. The molecule has 0 radical (unpaired) electrons. The van der Waals surface area contributed by atoms with Crippen LogP contribution in [0.5, 0.6) is 5.75 Å². The van der Waals surface area contributed by atoms with E-state index in [1.54, 1.807) is 23.0 Å². The molecule has 1 saturated heterocycles. The van der Waals surface area contributed by atoms with Gasteiger partial charge in [0.2, 0.25) is 0 Å². The third-order valence-electron chi connectivity index (χ3n) is 5.69. The van der Waals surface area contributed by atoms with Crippen LogP contribution in [0.3, 0.4) is 0 Å². The molecule has 32 heavy (non-hydrogen) atoms. The van der Waals surface area contributed by atoms with E-state index in [1.807, 2.05) is 25.4 Å². The van der Waals surface area contributed by atoms with E-state index in [1.165, 1.54) is 0 Å². The van der Waals surface area contributed by atoms with Crippen LogP contribution in [0.25, 0.3) is 33.2 Å². The largest absolute Gasteiger partial charge is 0.507 e. The zero-order valence-electron chi connectivity index (χ0n) is 17.4. The number of halogens is 3. The molecule has 1 atom stereocenters. The Morgan fingerprint density at radius 2 is 2.12 bits per heavy atom. The zero-order valence-corrected chi connectivity index (χ0v) is 19.0. The van der Waals surface area contributed by atoms with E-state index < -0.39 is 0 Å². The maximum atomic E-state index is 12.4. The topological polar surface area (TPSA) is 79.1 Å². The first-order chi connectivity index (χ1) is 15.0. The molecule has 0 saturated carbocycles. The van der Waals surface area contributed by atoms with Gasteiger partial charge in [0.25, 0.3) is 0 Å². The van der Waals surface area contributed by atoms with Gasteiger partial charge < -0.3 is 15.3 Å². The lowest BCUT2D eigenvalue weighted by Gasteiger charge is -2.19. The minimum absolute atomic E-state index is 0. The number of aromatic nitrogens is 4. The van der Waals surface area contributed by atoms with Crippen molar-refractivity contribution in [3.8, 4) is 17.0 Å². The predicted octanol–water partition coefficient (Wildman–Crippen LogP) is 4.10. The van der Waals surface area contributed by atoms with Gasteiger partial charge in [-0.2, -0.15) is 5.10 Å². The van der Waals surface area contributed by atoms with E-state index in [-0.39, 0.29) is 30.9 Å². The molecule has 5 rings (SSSR count). The Hall–Kier alpha value is -2.68. The molecule has 0 amide bonds. The number of pyridine rings is 2. The van der Waals surface area contributed by atoms with Gasteiger partial charge in [-0.05, 0) is 24.6 Å². The lowest BCUT2D eigenvalue weighted by molar-refractivity contribution is 0.440. The van der Waals surface area contributed by atoms with Crippen LogP contribution >= 0.6 is 24.0 Å². The van der Waals surface area contributed by atoms with Crippen LogP contribution in [0.1, 0.15) is 6.42 Å². The first-order valence-electron chi connectivity index (χ1n) is 10.2. The van der Waals surface area contributed by atoms with Crippen LogP contribution in [0.4, 0.5) is 10.1 Å². The second-order valence-electron chi connectivity index (χ2n) is 7.86. The fourth-order valence-corrected chi connectivity index (χ4v) is 4.42. The summed E-state index contributed by atoms with van der Waals surface area (Å²) < 4.78 is 14.1. The predicted molar refractivity (Wildman–Crippen MR) is 128 cm³/mol. The van der Waals surface area contributed by atoms with E-state index in [0.29, 0.717) is 34.0 Å². The molecule has 10 heteroatoms. The number of anilines is 1. The molecule has 1 aliphatic heterocycles. The van der Waals surface area contributed by atoms with E-state index in [9.17, 15) is 9.50 Å². The van der Waals surface area contributed by atoms with Gasteiger partial charge in [-0.25, -0.2) is 14.4 Å². The molecule has 168 valence electrons. The molecule has 0 spiro atoms. The van der Waals surface area contributed by atoms with Crippen LogP contribution in [-0.2, 0) is 7.05 Å². The number of alkyl halides is 1. The number of aromatic hydroxyl groups is 1. The number of benzene rings is 1. The summed E-state index contributed by atoms with van der Waals surface area (Å²) in [6, 6.07) is 7.49. The molecule has 3 aromatic heterocycles. The van der Waals surface area contributed by atoms with Crippen molar-refractivity contribution in [3.05, 3.63) is 41.7 Å². The Bertz CT molecular complexity index is 1280. The lowest BCUT2D eigenvalue weighted by atomic mass is 10.1. The molecule has 1 fully saturated rings. The summed E-state index contributed by atoms with van der Waals surface area (Å²) in [5, 5.41) is 20.2. The molecule has 4 aromatic rings. The molecule has 2 N–H and O–H groups in total. The highest BCUT2D eigenvalue weighted by atomic mass is 35.5. The van der Waals surface area contributed by atoms with Crippen molar-refractivity contribution in [1.29, 1.82) is 0 Å². The third kappa shape index (κ3) is 4.18. The minimum Gasteiger partial charge on any atom is -0.507 e. The fraction of sp³-hybridized carbons (Fsp3) is 0.318. The number of nitrogens with one attached hydrogen (secondary N) is 1. The Balaban J connectivity index is 0.00000245. The van der Waals surface area contributed by atoms with Gasteiger partial charge in [0.15, 0.2) is 5.65 Å². The maximum Gasteiger partial charge on any atom is 0.161 e. The van der Waals surface area contributed by atoms with Gasteiger partial charge in [-0.3, -0.25) is 4.68 Å². The van der Waals surface area contributed by atoms with Crippen molar-refractivity contribution in [2.45, 2.75) is 12.5 Å². The van der Waals surface area contributed by atoms with Gasteiger partial charge >= 0.3 is 0 Å². The second kappa shape index (κ2) is 9.05. The molecule has 4 heterocycles. The molecular weight excluding hydrogens is 454 g/mol. The van der Waals surface area contributed by atoms with E-state index in [2.05, 4.69) is 25.3 Å². The number of hydrogen-bond donors (Lipinski definition) is 2. The molecule has 7 nitrogen and oxygen atoms in total. The number of phenolic OH excluding ortho intramolecular Hbond substituents is 1. The summed E-state index contributed by atoms with van der Waals surface area (Å²) in [6.07, 6.45) is 4.63. The number of aryl methyl sites for hydroxylation is 1. The smallest absolute Gasteiger partial charge is 0.161 e. The highest BCUT2D eigenvalue weighted by molar-refractivity contribution is 6.35. The van der Waals surface area contributed by atoms with Crippen molar-refractivity contribution in [3.63, 3.8) is 0 Å². The van der Waals surface area contributed by atoms with Crippen molar-refractivity contribution >= 4 is 51.6 Å². The first-order valence-corrected chi connectivity index (χ1v) is 10.6. The molecule has 1 aliphatic rings. The van der Waals surface area contributed by atoms with Gasteiger partial charge in [-0.15, -0.1) is 12.4 Å². The second-order valence-corrected chi connectivity index (χ2v) is 8.27. The summed E-state index contributed by atoms with van der Waals surface area (Å²) in [4.78, 5) is 11.4. The Kier molecular flexibility index (Phi) is 6.37. The van der Waals surface area contributed by atoms with Crippen LogP contribution in [0.2, 0.25) is 5.02 Å². The average Bonchev–Trinajstić information content (AvgIpc) is 3.36. The molecule has 0 bridgehead atoms. The Morgan fingerprint density at radius 1 is 1.28 bits per heavy atom. The van der Waals surface area contributed by atoms with Crippen molar-refractivity contribution in [1.82, 2.24) is 25.1 Å². The number of fused-ring (bicyclic) bond motifs is 2. The zero-order chi connectivity index (χ0) is 21.5. The highest BCUT2D eigenvalue weighted by Gasteiger charge is 2.23. The van der Waals surface area contributed by atoms with E-state index >= 15 is 0 Å². The van der Waals surface area contributed by atoms with Gasteiger partial charge in [0, 0.05) is 61.3 Å². The number of nitrogens with zero attached hydrogens (tertiary/aromatic N) is 5. The molecular formula is C22H23Cl2FN6O. The highest BCUT2D eigenvalue weighted by Crippen LogP contribution is 2.36. The standard InChI is InChI=1S/C22H22ClFN6O.ClH/c1-29-11-13-6-17(21(31)9-19(13)28-29)20-8-18(23)16-7-15(10-26-22(16)27-20)30-5-2-14(12-30)25-4-3-24;/h6-11,14,25,31H,2-5,12H2,1H3;1H/t14-;/m1./s1. The quantitative estimate of drug-likeness (QED) is 0.451. The fourth-order valence-electron chi connectivity index (χ4n) is 4.18. The van der Waals surface area contributed by atoms with Crippen LogP contribution in [0.15, 0.2) is 36.7 Å². The SMILES string of the molecule is Cl.Cn1cc2cc(-c3cc(Cl)c4cc(N5CC[C@@H](NCCF)C5)cnc4n3)c(O)cc2n1. The lowest BCUT2D eigenvalue weighted by Crippen LogP contribution is -2.33. The normalized spacial score (nSPS) is 16.1. The number of rotatable bonds is 5. The van der Waals surface area contributed by atoms with Crippen molar-refractivity contribution < 1.29 is 9.50 Å². The van der Waals surface area contributed by atoms with E-state index in [0.717, 1.165) is 36.0 Å². The average molecular weight is 477 g/mol. The van der Waals surface area contributed by atoms with Crippen LogP contribution < -0.4 is 10.2 Å². The molecule has 0 aliphatic carbocycles. The molecule has 1 aromatic carbocycles. The van der Waals surface area contributed by atoms with Crippen LogP contribution in [-0.4, -0.2) is 57.2 Å². The van der Waals surface area contributed by atoms with Crippen molar-refractivity contribution in [2.24, 2.45) is 7.05 Å². The maximum absolute atomic E-state index is 12.4. The monoisotopic (exact) mass is 476 g/mol. The Morgan fingerprint density at radius 3 is 2.94 bits per heavy atom. The summed E-state index contributed by atoms with van der Waals surface area (Å²) in [5.41, 5.74) is 3.33. The van der Waals surface area contributed by atoms with Gasteiger partial charge in [-0.1, -0.05) is 11.6 Å². The number of hydrogen-bond acceptors (Lipinski definition) is 6. The summed E-state index contributed by atoms with van der Waals surface area (Å²) >= 11 is 6.61. The van der Waals surface area contributed by atoms with E-state index in [4.69, 9.17) is 11.6 Å². The van der Waals surface area contributed by atoms with Crippen molar-refractivity contribution in [2.75, 3.05) is 31.2 Å². The number of phenols is 1. The van der Waals surface area contributed by atoms with Crippen LogP contribution in [0, 0.1) is 0 Å². The molecule has 0 unspecified atom stereocenters. The third-order valence-corrected chi connectivity index (χ3v) is 6.01. The summed E-state index contributed by atoms with van der Waals surface area (Å²) in [7, 11) is 1.84. The van der Waals surface area contributed by atoms with Gasteiger partial charge in [0.05, 0.1) is 28.1 Å². The van der Waals surface area contributed by atoms with Gasteiger partial charge in [0.1, 0.15) is 12.4 Å². The first kappa shape index (κ1) is 22.5. The summed E-state index contributed by atoms with van der Waals surface area (Å²) in [5.74, 6) is 0.0922. The Labute approximate surface area is 195 Å².